The summed E-state index contributed by atoms with van der Waals surface area (Å²) in [7, 11) is 0. The van der Waals surface area contributed by atoms with Crippen LogP contribution in [0.15, 0.2) is 12.4 Å². The summed E-state index contributed by atoms with van der Waals surface area (Å²) in [5, 5.41) is 13.6. The van der Waals surface area contributed by atoms with Crippen LogP contribution in [0.25, 0.3) is 0 Å². The number of aryl methyl sites for hydroxylation is 2. The molecule has 1 N–H and O–H groups in total. The predicted octanol–water partition coefficient (Wildman–Crippen LogP) is 1.83. The normalized spacial score (nSPS) is 27.7. The van der Waals surface area contributed by atoms with Crippen molar-refractivity contribution in [2.24, 2.45) is 5.92 Å². The Morgan fingerprint density at radius 3 is 2.82 bits per heavy atom. The first-order chi connectivity index (χ1) is 10.6. The molecule has 1 aromatic heterocycles. The molecule has 2 fully saturated rings. The fourth-order valence-electron chi connectivity index (χ4n) is 3.97. The zero-order valence-electron chi connectivity index (χ0n) is 12.9. The lowest BCUT2D eigenvalue weighted by atomic mass is 9.84. The lowest BCUT2D eigenvalue weighted by Crippen LogP contribution is -2.46. The Balaban J connectivity index is 1.69. The first kappa shape index (κ1) is 15.1. The number of carboxylic acid groups (broad SMARTS) is 1. The van der Waals surface area contributed by atoms with Crippen molar-refractivity contribution >= 4 is 11.9 Å². The lowest BCUT2D eigenvalue weighted by Gasteiger charge is -2.33. The average Bonchev–Trinajstić information content (AvgIpc) is 3.08. The van der Waals surface area contributed by atoms with E-state index in [-0.39, 0.29) is 11.9 Å². The van der Waals surface area contributed by atoms with Gasteiger partial charge in [-0.2, -0.15) is 5.10 Å². The van der Waals surface area contributed by atoms with Crippen molar-refractivity contribution in [2.45, 2.75) is 64.1 Å². The third kappa shape index (κ3) is 2.87. The van der Waals surface area contributed by atoms with Crippen LogP contribution in [-0.2, 0) is 16.1 Å². The minimum atomic E-state index is -0.863. The van der Waals surface area contributed by atoms with Gasteiger partial charge in [-0.25, -0.2) is 4.79 Å². The van der Waals surface area contributed by atoms with Gasteiger partial charge in [-0.1, -0.05) is 12.8 Å². The molecule has 2 aliphatic rings. The van der Waals surface area contributed by atoms with Crippen LogP contribution in [-0.4, -0.2) is 43.7 Å². The van der Waals surface area contributed by atoms with Crippen LogP contribution in [0.3, 0.4) is 0 Å². The monoisotopic (exact) mass is 305 g/mol. The number of hydrogen-bond donors (Lipinski definition) is 1. The number of fused-ring (bicyclic) bond motifs is 1. The highest BCUT2D eigenvalue weighted by molar-refractivity contribution is 5.84. The van der Waals surface area contributed by atoms with Gasteiger partial charge in [0, 0.05) is 25.2 Å². The van der Waals surface area contributed by atoms with Crippen LogP contribution < -0.4 is 0 Å². The molecule has 1 aliphatic heterocycles. The van der Waals surface area contributed by atoms with Gasteiger partial charge in [0.2, 0.25) is 5.91 Å². The van der Waals surface area contributed by atoms with Crippen molar-refractivity contribution in [1.29, 1.82) is 0 Å². The number of carboxylic acids is 1. The van der Waals surface area contributed by atoms with Crippen LogP contribution in [0.5, 0.6) is 0 Å². The minimum absolute atomic E-state index is 0.0463. The van der Waals surface area contributed by atoms with Crippen LogP contribution in [0.4, 0.5) is 0 Å². The Hall–Kier alpha value is -1.85. The molecule has 2 heterocycles. The van der Waals surface area contributed by atoms with E-state index in [2.05, 4.69) is 5.10 Å². The molecule has 22 heavy (non-hydrogen) atoms. The average molecular weight is 305 g/mol. The SMILES string of the molecule is Cc1cnn(CCC(=O)N2C(C(=O)O)CC3CCCCC32)c1. The largest absolute Gasteiger partial charge is 0.480 e. The highest BCUT2D eigenvalue weighted by Crippen LogP contribution is 2.40. The van der Waals surface area contributed by atoms with Crippen LogP contribution in [0.1, 0.15) is 44.1 Å². The van der Waals surface area contributed by atoms with E-state index >= 15 is 0 Å². The molecule has 1 saturated carbocycles. The van der Waals surface area contributed by atoms with E-state index in [0.29, 0.717) is 25.3 Å². The molecule has 3 unspecified atom stereocenters. The molecule has 1 aromatic rings. The Kier molecular flexibility index (Phi) is 4.18. The van der Waals surface area contributed by atoms with E-state index < -0.39 is 12.0 Å². The first-order valence-corrected chi connectivity index (χ1v) is 8.09. The number of likely N-dealkylation sites (tertiary alicyclic amines) is 1. The molecular weight excluding hydrogens is 282 g/mol. The maximum Gasteiger partial charge on any atom is 0.326 e. The quantitative estimate of drug-likeness (QED) is 0.920. The number of amides is 1. The summed E-state index contributed by atoms with van der Waals surface area (Å²) in [6.07, 6.45) is 8.84. The summed E-state index contributed by atoms with van der Waals surface area (Å²) in [6.45, 7) is 2.46. The molecule has 1 saturated heterocycles. The van der Waals surface area contributed by atoms with Gasteiger partial charge in [-0.15, -0.1) is 0 Å². The fraction of sp³-hybridized carbons (Fsp3) is 0.688. The molecule has 0 spiro atoms. The van der Waals surface area contributed by atoms with Crippen molar-refractivity contribution in [1.82, 2.24) is 14.7 Å². The predicted molar refractivity (Wildman–Crippen MR) is 80.2 cm³/mol. The van der Waals surface area contributed by atoms with Gasteiger partial charge in [0.25, 0.3) is 0 Å². The summed E-state index contributed by atoms with van der Waals surface area (Å²) in [4.78, 5) is 25.8. The van der Waals surface area contributed by atoms with E-state index in [4.69, 9.17) is 0 Å². The molecular formula is C16H23N3O3. The number of aromatic nitrogens is 2. The van der Waals surface area contributed by atoms with E-state index in [9.17, 15) is 14.7 Å². The van der Waals surface area contributed by atoms with Gasteiger partial charge in [-0.3, -0.25) is 9.48 Å². The van der Waals surface area contributed by atoms with Crippen molar-refractivity contribution in [3.63, 3.8) is 0 Å². The molecule has 0 bridgehead atoms. The molecule has 3 atom stereocenters. The minimum Gasteiger partial charge on any atom is -0.480 e. The smallest absolute Gasteiger partial charge is 0.326 e. The second-order valence-electron chi connectivity index (χ2n) is 6.53. The van der Waals surface area contributed by atoms with Crippen molar-refractivity contribution in [3.8, 4) is 0 Å². The summed E-state index contributed by atoms with van der Waals surface area (Å²) < 4.78 is 1.75. The molecule has 1 aliphatic carbocycles. The van der Waals surface area contributed by atoms with Crippen molar-refractivity contribution in [3.05, 3.63) is 18.0 Å². The zero-order valence-corrected chi connectivity index (χ0v) is 12.9. The summed E-state index contributed by atoms with van der Waals surface area (Å²) in [5.41, 5.74) is 1.06. The lowest BCUT2D eigenvalue weighted by molar-refractivity contribution is -0.150. The first-order valence-electron chi connectivity index (χ1n) is 8.09. The van der Waals surface area contributed by atoms with Gasteiger partial charge < -0.3 is 10.0 Å². The van der Waals surface area contributed by atoms with Crippen LogP contribution in [0.2, 0.25) is 0 Å². The number of nitrogens with zero attached hydrogens (tertiary/aromatic N) is 3. The Morgan fingerprint density at radius 1 is 1.36 bits per heavy atom. The van der Waals surface area contributed by atoms with Gasteiger partial charge in [0.15, 0.2) is 0 Å². The van der Waals surface area contributed by atoms with Gasteiger partial charge >= 0.3 is 5.97 Å². The number of carbonyl (C=O) groups excluding carboxylic acids is 1. The summed E-state index contributed by atoms with van der Waals surface area (Å²) in [6, 6.07) is -0.512. The number of carbonyl (C=O) groups is 2. The fourth-order valence-corrected chi connectivity index (χ4v) is 3.97. The Bertz CT molecular complexity index is 569. The summed E-state index contributed by atoms with van der Waals surface area (Å²) >= 11 is 0. The second kappa shape index (κ2) is 6.10. The third-order valence-electron chi connectivity index (χ3n) is 4.98. The van der Waals surface area contributed by atoms with E-state index in [1.54, 1.807) is 15.8 Å². The maximum atomic E-state index is 12.6. The van der Waals surface area contributed by atoms with Gasteiger partial charge in [0.05, 0.1) is 6.20 Å². The number of aliphatic carboxylic acids is 1. The van der Waals surface area contributed by atoms with E-state index in [1.165, 1.54) is 0 Å². The van der Waals surface area contributed by atoms with Crippen LogP contribution >= 0.6 is 0 Å². The van der Waals surface area contributed by atoms with E-state index in [0.717, 1.165) is 31.2 Å². The molecule has 0 aromatic carbocycles. The van der Waals surface area contributed by atoms with E-state index in [1.807, 2.05) is 13.1 Å². The topological polar surface area (TPSA) is 75.4 Å². The van der Waals surface area contributed by atoms with Crippen molar-refractivity contribution < 1.29 is 14.7 Å². The molecule has 120 valence electrons. The maximum absolute atomic E-state index is 12.6. The van der Waals surface area contributed by atoms with Gasteiger partial charge in [0.1, 0.15) is 6.04 Å². The third-order valence-corrected chi connectivity index (χ3v) is 4.98. The Labute approximate surface area is 130 Å². The molecule has 6 nitrogen and oxygen atoms in total. The molecule has 6 heteroatoms. The standard InChI is InChI=1S/C16H23N3O3/c1-11-9-17-18(10-11)7-6-15(20)19-13-5-3-2-4-12(13)8-14(19)16(21)22/h9-10,12-14H,2-8H2,1H3,(H,21,22). The summed E-state index contributed by atoms with van der Waals surface area (Å²) in [5.74, 6) is -0.543. The van der Waals surface area contributed by atoms with Gasteiger partial charge in [-0.05, 0) is 37.7 Å². The van der Waals surface area contributed by atoms with Crippen LogP contribution in [0, 0.1) is 12.8 Å². The second-order valence-corrected chi connectivity index (χ2v) is 6.53. The molecule has 3 rings (SSSR count). The number of hydrogen-bond acceptors (Lipinski definition) is 3. The highest BCUT2D eigenvalue weighted by atomic mass is 16.4. The zero-order chi connectivity index (χ0) is 15.7. The Morgan fingerprint density at radius 2 is 2.14 bits per heavy atom. The molecule has 1 amide bonds. The van der Waals surface area contributed by atoms with Crippen molar-refractivity contribution in [2.75, 3.05) is 0 Å². The highest BCUT2D eigenvalue weighted by Gasteiger charge is 2.47. The number of rotatable bonds is 4. The molecule has 0 radical (unpaired) electrons.